The zero-order chi connectivity index (χ0) is 20.0. The molecule has 3 N–H and O–H groups in total. The number of anilines is 1. The van der Waals surface area contributed by atoms with Crippen molar-refractivity contribution < 1.29 is 0 Å². The Labute approximate surface area is 173 Å². The minimum absolute atomic E-state index is 0.224. The van der Waals surface area contributed by atoms with Crippen LogP contribution in [0.4, 0.5) is 5.82 Å². The van der Waals surface area contributed by atoms with Gasteiger partial charge in [-0.15, -0.1) is 15.3 Å². The van der Waals surface area contributed by atoms with E-state index in [4.69, 9.17) is 23.2 Å². The van der Waals surface area contributed by atoms with Crippen molar-refractivity contribution in [2.75, 3.05) is 5.32 Å². The summed E-state index contributed by atoms with van der Waals surface area (Å²) in [6.07, 6.45) is 0. The summed E-state index contributed by atoms with van der Waals surface area (Å²) in [5.74, 6) is 1.19. The molecule has 0 saturated heterocycles. The molecule has 0 radical (unpaired) electrons. The summed E-state index contributed by atoms with van der Waals surface area (Å²) in [5.41, 5.74) is 3.64. The number of nitrogens with zero attached hydrogens (tertiary/aromatic N) is 4. The molecule has 0 aliphatic carbocycles. The minimum Gasteiger partial charge on any atom is -0.365 e. The number of halogens is 2. The first-order valence-corrected chi connectivity index (χ1v) is 9.44. The van der Waals surface area contributed by atoms with Gasteiger partial charge in [0.05, 0.1) is 11.0 Å². The van der Waals surface area contributed by atoms with E-state index in [1.807, 2.05) is 30.3 Å². The number of H-pyrrole nitrogens is 2. The first kappa shape index (κ1) is 17.7. The molecule has 0 atom stereocenters. The highest BCUT2D eigenvalue weighted by molar-refractivity contribution is 6.35. The maximum absolute atomic E-state index is 11.4. The van der Waals surface area contributed by atoms with Gasteiger partial charge in [0.1, 0.15) is 5.82 Å². The van der Waals surface area contributed by atoms with Crippen molar-refractivity contribution in [1.29, 1.82) is 0 Å². The summed E-state index contributed by atoms with van der Waals surface area (Å²) in [4.78, 5) is 16.9. The lowest BCUT2D eigenvalue weighted by molar-refractivity contribution is 0.925. The summed E-state index contributed by atoms with van der Waals surface area (Å²) >= 11 is 12.2. The first-order valence-electron chi connectivity index (χ1n) is 8.69. The Kier molecular flexibility index (Phi) is 4.22. The molecule has 0 spiro atoms. The van der Waals surface area contributed by atoms with Gasteiger partial charge in [0.2, 0.25) is 0 Å². The van der Waals surface area contributed by atoms with Crippen LogP contribution in [0.3, 0.4) is 0 Å². The number of hydrogen-bond acceptors (Lipinski definition) is 5. The van der Waals surface area contributed by atoms with E-state index < -0.39 is 0 Å². The van der Waals surface area contributed by atoms with E-state index in [0.717, 1.165) is 22.2 Å². The van der Waals surface area contributed by atoms with Crippen molar-refractivity contribution in [3.63, 3.8) is 0 Å². The molecule has 0 unspecified atom stereocenters. The van der Waals surface area contributed by atoms with Crippen LogP contribution in [-0.4, -0.2) is 29.8 Å². The molecule has 5 rings (SSSR count). The maximum atomic E-state index is 11.4. The molecule has 3 aromatic heterocycles. The molecule has 0 amide bonds. The molecule has 2 aromatic carbocycles. The fourth-order valence-corrected chi connectivity index (χ4v) is 3.65. The van der Waals surface area contributed by atoms with Crippen LogP contribution in [0.5, 0.6) is 0 Å². The van der Waals surface area contributed by atoms with Crippen molar-refractivity contribution >= 4 is 45.7 Å². The molecule has 0 fully saturated rings. The van der Waals surface area contributed by atoms with E-state index in [0.29, 0.717) is 33.9 Å². The summed E-state index contributed by atoms with van der Waals surface area (Å²) in [6, 6.07) is 14.6. The third kappa shape index (κ3) is 3.43. The summed E-state index contributed by atoms with van der Waals surface area (Å²) in [7, 11) is 0. The smallest absolute Gasteiger partial charge is 0.323 e. The third-order valence-corrected chi connectivity index (χ3v) is 4.87. The molecule has 144 valence electrons. The number of hydrogen-bond donors (Lipinski definition) is 3. The van der Waals surface area contributed by atoms with Gasteiger partial charge in [0, 0.05) is 22.2 Å². The second kappa shape index (κ2) is 6.91. The van der Waals surface area contributed by atoms with Gasteiger partial charge in [-0.25, -0.2) is 4.79 Å². The van der Waals surface area contributed by atoms with Crippen LogP contribution >= 0.6 is 23.2 Å². The zero-order valence-electron chi connectivity index (χ0n) is 14.8. The van der Waals surface area contributed by atoms with Gasteiger partial charge in [-0.3, -0.25) is 0 Å². The average molecular weight is 426 g/mol. The van der Waals surface area contributed by atoms with E-state index in [2.05, 4.69) is 30.6 Å². The number of aromatic nitrogens is 6. The van der Waals surface area contributed by atoms with Gasteiger partial charge in [0.25, 0.3) is 0 Å². The van der Waals surface area contributed by atoms with Crippen molar-refractivity contribution in [2.45, 2.75) is 6.54 Å². The highest BCUT2D eigenvalue weighted by atomic mass is 35.5. The summed E-state index contributed by atoms with van der Waals surface area (Å²) in [5, 5.41) is 17.2. The minimum atomic E-state index is -0.224. The van der Waals surface area contributed by atoms with Crippen LogP contribution in [0, 0.1) is 0 Å². The first-order chi connectivity index (χ1) is 14.0. The van der Waals surface area contributed by atoms with Crippen LogP contribution in [-0.2, 0) is 6.54 Å². The van der Waals surface area contributed by atoms with Gasteiger partial charge in [-0.2, -0.15) is 4.52 Å². The van der Waals surface area contributed by atoms with E-state index in [9.17, 15) is 4.79 Å². The Balaban J connectivity index is 1.45. The van der Waals surface area contributed by atoms with Gasteiger partial charge in [0.15, 0.2) is 11.5 Å². The number of imidazole rings is 1. The van der Waals surface area contributed by atoms with Gasteiger partial charge >= 0.3 is 5.69 Å². The number of nitrogens with one attached hydrogen (secondary N) is 3. The van der Waals surface area contributed by atoms with Crippen molar-refractivity contribution in [3.8, 4) is 11.4 Å². The molecule has 0 saturated carbocycles. The predicted octanol–water partition coefficient (Wildman–Crippen LogP) is 3.88. The van der Waals surface area contributed by atoms with Gasteiger partial charge < -0.3 is 15.3 Å². The molecular formula is C19H13Cl2N7O. The maximum Gasteiger partial charge on any atom is 0.323 e. The zero-order valence-corrected chi connectivity index (χ0v) is 16.3. The topological polar surface area (TPSA) is 104 Å². The lowest BCUT2D eigenvalue weighted by Gasteiger charge is -2.07. The molecule has 0 aliphatic heterocycles. The van der Waals surface area contributed by atoms with Crippen molar-refractivity contribution in [1.82, 2.24) is 29.8 Å². The molecule has 0 aliphatic rings. The van der Waals surface area contributed by atoms with Gasteiger partial charge in [-0.1, -0.05) is 29.3 Å². The molecule has 3 heterocycles. The van der Waals surface area contributed by atoms with Crippen LogP contribution in [0.1, 0.15) is 5.56 Å². The monoisotopic (exact) mass is 425 g/mol. The highest BCUT2D eigenvalue weighted by Crippen LogP contribution is 2.26. The van der Waals surface area contributed by atoms with E-state index in [1.54, 1.807) is 22.7 Å². The Morgan fingerprint density at radius 1 is 0.931 bits per heavy atom. The quantitative estimate of drug-likeness (QED) is 0.405. The Morgan fingerprint density at radius 3 is 2.55 bits per heavy atom. The largest absolute Gasteiger partial charge is 0.365 e. The molecular weight excluding hydrogens is 413 g/mol. The average Bonchev–Trinajstić information content (AvgIpc) is 3.27. The van der Waals surface area contributed by atoms with E-state index in [-0.39, 0.29) is 5.69 Å². The fraction of sp³-hybridized carbons (Fsp3) is 0.0526. The van der Waals surface area contributed by atoms with Crippen LogP contribution in [0.25, 0.3) is 28.1 Å². The number of benzene rings is 2. The van der Waals surface area contributed by atoms with Gasteiger partial charge in [-0.05, 0) is 48.0 Å². The molecule has 5 aromatic rings. The Hall–Kier alpha value is -3.36. The second-order valence-corrected chi connectivity index (χ2v) is 7.36. The van der Waals surface area contributed by atoms with Crippen molar-refractivity contribution in [3.05, 3.63) is 74.6 Å². The highest BCUT2D eigenvalue weighted by Gasteiger charge is 2.12. The SMILES string of the molecule is O=c1[nH]c2ccc(CNc3ccc4nnc(-c5cc(Cl)cc(Cl)c5)n4n3)cc2[nH]1. The second-order valence-electron chi connectivity index (χ2n) is 6.48. The Bertz CT molecular complexity index is 1400. The Morgan fingerprint density at radius 2 is 1.72 bits per heavy atom. The van der Waals surface area contributed by atoms with Crippen LogP contribution in [0.15, 0.2) is 53.3 Å². The summed E-state index contributed by atoms with van der Waals surface area (Å²) in [6.45, 7) is 0.530. The van der Waals surface area contributed by atoms with Crippen molar-refractivity contribution in [2.24, 2.45) is 0 Å². The van der Waals surface area contributed by atoms with Crippen LogP contribution in [0.2, 0.25) is 10.0 Å². The molecule has 10 heteroatoms. The number of aromatic amines is 2. The number of rotatable bonds is 4. The predicted molar refractivity (Wildman–Crippen MR) is 112 cm³/mol. The molecule has 0 bridgehead atoms. The lowest BCUT2D eigenvalue weighted by Crippen LogP contribution is -2.05. The normalized spacial score (nSPS) is 11.4. The lowest BCUT2D eigenvalue weighted by atomic mass is 10.2. The molecule has 29 heavy (non-hydrogen) atoms. The number of fused-ring (bicyclic) bond motifs is 2. The van der Waals surface area contributed by atoms with E-state index in [1.165, 1.54) is 0 Å². The van der Waals surface area contributed by atoms with E-state index >= 15 is 0 Å². The third-order valence-electron chi connectivity index (χ3n) is 4.44. The summed E-state index contributed by atoms with van der Waals surface area (Å²) < 4.78 is 1.64. The molecule has 8 nitrogen and oxygen atoms in total. The van der Waals surface area contributed by atoms with Crippen LogP contribution < -0.4 is 11.0 Å². The standard InChI is InChI=1S/C19H13Cl2N7O/c20-12-6-11(7-13(21)8-12)18-26-25-17-4-3-16(27-28(17)18)22-9-10-1-2-14-15(5-10)24-19(29)23-14/h1-8H,9H2,(H,22,27)(H2,23,24,29). The fourth-order valence-electron chi connectivity index (χ4n) is 3.13.